The molecule has 12 heavy (non-hydrogen) atoms. The summed E-state index contributed by atoms with van der Waals surface area (Å²) in [4.78, 5) is 0. The Balaban J connectivity index is 3.03. The van der Waals surface area contributed by atoms with Gasteiger partial charge in [0.05, 0.1) is 0 Å². The van der Waals surface area contributed by atoms with Crippen molar-refractivity contribution in [1.29, 1.82) is 0 Å². The predicted molar refractivity (Wildman–Crippen MR) is 58.6 cm³/mol. The second-order valence-corrected chi connectivity index (χ2v) is 8.01. The summed E-state index contributed by atoms with van der Waals surface area (Å²) < 4.78 is 0. The Kier molecular flexibility index (Phi) is 3.12. The van der Waals surface area contributed by atoms with Gasteiger partial charge in [-0.3, -0.25) is 0 Å². The first-order valence-corrected chi connectivity index (χ1v) is 7.30. The lowest BCUT2D eigenvalue weighted by molar-refractivity contribution is 1.69. The van der Waals surface area contributed by atoms with E-state index in [0.29, 0.717) is 5.50 Å². The van der Waals surface area contributed by atoms with Gasteiger partial charge in [-0.2, -0.15) is 0 Å². The SMILES string of the molecule is C=C[Si](C)(CCl)c1ccccc1. The van der Waals surface area contributed by atoms with Crippen LogP contribution in [0.1, 0.15) is 0 Å². The summed E-state index contributed by atoms with van der Waals surface area (Å²) in [6.45, 7) is 6.08. The van der Waals surface area contributed by atoms with E-state index in [0.717, 1.165) is 0 Å². The Morgan fingerprint density at radius 1 is 1.42 bits per heavy atom. The standard InChI is InChI=1S/C10H13ClSi/c1-3-12(2,9-11)10-7-5-4-6-8-10/h3-8H,1,9H2,2H3. The third-order valence-electron chi connectivity index (χ3n) is 2.16. The van der Waals surface area contributed by atoms with Gasteiger partial charge in [0.15, 0.2) is 0 Å². The first-order valence-electron chi connectivity index (χ1n) is 3.98. The fourth-order valence-electron chi connectivity index (χ4n) is 1.07. The monoisotopic (exact) mass is 196 g/mol. The maximum atomic E-state index is 5.93. The summed E-state index contributed by atoms with van der Waals surface area (Å²) in [5, 5.41) is 1.36. The average molecular weight is 197 g/mol. The van der Waals surface area contributed by atoms with E-state index >= 15 is 0 Å². The first-order chi connectivity index (χ1) is 5.73. The molecule has 1 aromatic rings. The highest BCUT2D eigenvalue weighted by Crippen LogP contribution is 2.06. The van der Waals surface area contributed by atoms with Crippen LogP contribution >= 0.6 is 11.6 Å². The molecule has 0 heterocycles. The molecule has 0 saturated carbocycles. The molecule has 0 aromatic heterocycles. The van der Waals surface area contributed by atoms with Crippen molar-refractivity contribution >= 4 is 24.9 Å². The van der Waals surface area contributed by atoms with Gasteiger partial charge in [0.2, 0.25) is 0 Å². The fraction of sp³-hybridized carbons (Fsp3) is 0.200. The van der Waals surface area contributed by atoms with Crippen LogP contribution in [0.2, 0.25) is 6.55 Å². The van der Waals surface area contributed by atoms with Crippen LogP contribution in [-0.2, 0) is 0 Å². The molecule has 0 spiro atoms. The molecule has 0 nitrogen and oxygen atoms in total. The molecule has 0 aliphatic carbocycles. The van der Waals surface area contributed by atoms with E-state index in [-0.39, 0.29) is 0 Å². The normalized spacial score (nSPS) is 15.2. The molecule has 1 unspecified atom stereocenters. The van der Waals surface area contributed by atoms with Gasteiger partial charge in [-0.1, -0.05) is 47.8 Å². The van der Waals surface area contributed by atoms with Crippen molar-refractivity contribution < 1.29 is 0 Å². The molecule has 0 radical (unpaired) electrons. The van der Waals surface area contributed by atoms with E-state index in [1.165, 1.54) is 5.19 Å². The van der Waals surface area contributed by atoms with Gasteiger partial charge in [-0.05, 0) is 0 Å². The Morgan fingerprint density at radius 3 is 2.42 bits per heavy atom. The zero-order chi connectivity index (χ0) is 9.03. The molecule has 0 N–H and O–H groups in total. The average Bonchev–Trinajstić information content (AvgIpc) is 2.18. The minimum atomic E-state index is -1.54. The molecule has 0 aliphatic heterocycles. The molecule has 1 rings (SSSR count). The van der Waals surface area contributed by atoms with Crippen molar-refractivity contribution in [3.63, 3.8) is 0 Å². The lowest BCUT2D eigenvalue weighted by atomic mass is 10.4. The van der Waals surface area contributed by atoms with Crippen molar-refractivity contribution in [3.8, 4) is 0 Å². The van der Waals surface area contributed by atoms with Crippen molar-refractivity contribution in [2.24, 2.45) is 0 Å². The molecular formula is C10H13ClSi. The van der Waals surface area contributed by atoms with Gasteiger partial charge in [-0.15, -0.1) is 18.2 Å². The number of hydrogen-bond donors (Lipinski definition) is 0. The highest BCUT2D eigenvalue weighted by molar-refractivity contribution is 6.98. The Bertz CT molecular complexity index is 258. The van der Waals surface area contributed by atoms with Crippen molar-refractivity contribution in [2.75, 3.05) is 5.50 Å². The molecule has 2 heteroatoms. The summed E-state index contributed by atoms with van der Waals surface area (Å²) in [5.41, 5.74) is 2.75. The molecular weight excluding hydrogens is 184 g/mol. The second kappa shape index (κ2) is 3.92. The van der Waals surface area contributed by atoms with Crippen LogP contribution in [0.25, 0.3) is 0 Å². The topological polar surface area (TPSA) is 0 Å². The van der Waals surface area contributed by atoms with E-state index < -0.39 is 8.07 Å². The summed E-state index contributed by atoms with van der Waals surface area (Å²) in [5.74, 6) is 0. The van der Waals surface area contributed by atoms with Crippen LogP contribution in [-0.4, -0.2) is 13.6 Å². The van der Waals surface area contributed by atoms with E-state index in [1.54, 1.807) is 0 Å². The second-order valence-electron chi connectivity index (χ2n) is 3.12. The smallest absolute Gasteiger partial charge is 0.121 e. The maximum absolute atomic E-state index is 5.93. The molecule has 64 valence electrons. The van der Waals surface area contributed by atoms with E-state index in [9.17, 15) is 0 Å². The minimum Gasteiger partial charge on any atom is -0.129 e. The number of halogens is 1. The largest absolute Gasteiger partial charge is 0.129 e. The van der Waals surface area contributed by atoms with Crippen LogP contribution < -0.4 is 5.19 Å². The summed E-state index contributed by atoms with van der Waals surface area (Å²) in [6.07, 6.45) is 0. The lowest BCUT2D eigenvalue weighted by Gasteiger charge is -2.20. The molecule has 1 aromatic carbocycles. The number of alkyl halides is 1. The lowest BCUT2D eigenvalue weighted by Crippen LogP contribution is -2.45. The van der Waals surface area contributed by atoms with Gasteiger partial charge in [0.1, 0.15) is 8.07 Å². The van der Waals surface area contributed by atoms with E-state index in [1.807, 2.05) is 11.8 Å². The Labute approximate surface area is 79.9 Å². The molecule has 0 bridgehead atoms. The summed E-state index contributed by atoms with van der Waals surface area (Å²) >= 11 is 5.93. The van der Waals surface area contributed by atoms with Crippen LogP contribution in [0.3, 0.4) is 0 Å². The molecule has 0 aliphatic rings. The van der Waals surface area contributed by atoms with Gasteiger partial charge in [0, 0.05) is 5.50 Å². The number of hydrogen-bond acceptors (Lipinski definition) is 0. The molecule has 0 fully saturated rings. The van der Waals surface area contributed by atoms with E-state index in [2.05, 4.69) is 37.4 Å². The van der Waals surface area contributed by atoms with Crippen LogP contribution in [0.15, 0.2) is 42.6 Å². The number of benzene rings is 1. The number of rotatable bonds is 3. The molecule has 0 amide bonds. The predicted octanol–water partition coefficient (Wildman–Crippen LogP) is 2.48. The minimum absolute atomic E-state index is 0.709. The van der Waals surface area contributed by atoms with Gasteiger partial charge in [-0.25, -0.2) is 0 Å². The van der Waals surface area contributed by atoms with Crippen molar-refractivity contribution in [1.82, 2.24) is 0 Å². The summed E-state index contributed by atoms with van der Waals surface area (Å²) in [7, 11) is -1.54. The third kappa shape index (κ3) is 1.79. The first kappa shape index (κ1) is 9.55. The van der Waals surface area contributed by atoms with Crippen molar-refractivity contribution in [3.05, 3.63) is 42.6 Å². The van der Waals surface area contributed by atoms with Crippen LogP contribution in [0, 0.1) is 0 Å². The molecule has 0 saturated heterocycles. The molecule has 1 atom stereocenters. The summed E-state index contributed by atoms with van der Waals surface area (Å²) in [6, 6.07) is 10.4. The zero-order valence-electron chi connectivity index (χ0n) is 7.26. The van der Waals surface area contributed by atoms with Gasteiger partial charge >= 0.3 is 0 Å². The maximum Gasteiger partial charge on any atom is 0.121 e. The van der Waals surface area contributed by atoms with E-state index in [4.69, 9.17) is 11.6 Å². The Hall–Kier alpha value is -0.533. The zero-order valence-corrected chi connectivity index (χ0v) is 9.01. The van der Waals surface area contributed by atoms with Crippen LogP contribution in [0.4, 0.5) is 0 Å². The van der Waals surface area contributed by atoms with Gasteiger partial charge in [0.25, 0.3) is 0 Å². The fourth-order valence-corrected chi connectivity index (χ4v) is 3.31. The Morgan fingerprint density at radius 2 is 2.00 bits per heavy atom. The van der Waals surface area contributed by atoms with Crippen molar-refractivity contribution in [2.45, 2.75) is 6.55 Å². The van der Waals surface area contributed by atoms with Crippen LogP contribution in [0.5, 0.6) is 0 Å². The highest BCUT2D eigenvalue weighted by Gasteiger charge is 2.23. The highest BCUT2D eigenvalue weighted by atomic mass is 35.5. The third-order valence-corrected chi connectivity index (χ3v) is 6.94. The quantitative estimate of drug-likeness (QED) is 0.515. The van der Waals surface area contributed by atoms with Gasteiger partial charge < -0.3 is 0 Å².